The number of nitrogens with one attached hydrogen (secondary N) is 1. The number of ketones is 1. The summed E-state index contributed by atoms with van der Waals surface area (Å²) in [5.41, 5.74) is 2.16. The Morgan fingerprint density at radius 1 is 0.800 bits per heavy atom. The highest BCUT2D eigenvalue weighted by Gasteiger charge is 2.14. The fourth-order valence-electron chi connectivity index (χ4n) is 2.88. The number of anilines is 1. The summed E-state index contributed by atoms with van der Waals surface area (Å²) in [6.07, 6.45) is -0.331. The first kappa shape index (κ1) is 25.9. The van der Waals surface area contributed by atoms with Gasteiger partial charge in [0.25, 0.3) is 0 Å². The molecule has 3 aromatic rings. The van der Waals surface area contributed by atoms with Gasteiger partial charge in [0.15, 0.2) is 12.4 Å². The third kappa shape index (κ3) is 7.95. The van der Waals surface area contributed by atoms with Gasteiger partial charge in [0.1, 0.15) is 5.75 Å². The van der Waals surface area contributed by atoms with Crippen LogP contribution in [0, 0.1) is 6.92 Å². The number of amides is 1. The van der Waals surface area contributed by atoms with Crippen LogP contribution < -0.4 is 10.1 Å². The maximum absolute atomic E-state index is 12.3. The number of ether oxygens (including phenoxy) is 2. The largest absolute Gasteiger partial charge is 0.457 e. The molecule has 1 amide bonds. The third-order valence-electron chi connectivity index (χ3n) is 4.80. The Hall–Kier alpha value is -3.68. The standard InChI is InChI=1S/C26H21Cl2NO6/c1-16-2-4-18(5-3-16)26(33)35-20-9-6-17(7-10-20)23(30)15-34-25(32)13-12-24(31)29-19-8-11-21(27)22(28)14-19/h2-11,14H,12-13,15H2,1H3,(H,29,31). The predicted octanol–water partition coefficient (Wildman–Crippen LogP) is 5.67. The lowest BCUT2D eigenvalue weighted by Crippen LogP contribution is -2.17. The van der Waals surface area contributed by atoms with Crippen molar-refractivity contribution in [3.05, 3.63) is 93.5 Å². The number of benzene rings is 3. The molecule has 0 saturated heterocycles. The fourth-order valence-corrected chi connectivity index (χ4v) is 3.18. The molecule has 0 heterocycles. The summed E-state index contributed by atoms with van der Waals surface area (Å²) < 4.78 is 10.3. The second-order valence-corrected chi connectivity index (χ2v) is 8.36. The van der Waals surface area contributed by atoms with Gasteiger partial charge in [-0.05, 0) is 61.5 Å². The van der Waals surface area contributed by atoms with E-state index in [4.69, 9.17) is 32.7 Å². The molecule has 0 radical (unpaired) electrons. The molecule has 0 saturated carbocycles. The number of rotatable bonds is 9. The number of hydrogen-bond donors (Lipinski definition) is 1. The molecule has 35 heavy (non-hydrogen) atoms. The minimum absolute atomic E-state index is 0.131. The molecule has 180 valence electrons. The van der Waals surface area contributed by atoms with E-state index in [2.05, 4.69) is 5.32 Å². The van der Waals surface area contributed by atoms with Crippen LogP contribution in [-0.4, -0.2) is 30.2 Å². The summed E-state index contributed by atoms with van der Waals surface area (Å²) in [4.78, 5) is 48.4. The van der Waals surface area contributed by atoms with E-state index < -0.39 is 30.2 Å². The summed E-state index contributed by atoms with van der Waals surface area (Å²) in [5.74, 6) is -1.78. The zero-order valence-electron chi connectivity index (χ0n) is 18.7. The number of carbonyl (C=O) groups excluding carboxylic acids is 4. The lowest BCUT2D eigenvalue weighted by atomic mass is 10.1. The van der Waals surface area contributed by atoms with Crippen LogP contribution in [0.1, 0.15) is 39.1 Å². The van der Waals surface area contributed by atoms with E-state index in [1.54, 1.807) is 24.3 Å². The molecular weight excluding hydrogens is 493 g/mol. The molecule has 1 N–H and O–H groups in total. The van der Waals surface area contributed by atoms with E-state index in [0.717, 1.165) is 5.56 Å². The average Bonchev–Trinajstić information content (AvgIpc) is 2.84. The summed E-state index contributed by atoms with van der Waals surface area (Å²) in [5, 5.41) is 3.24. The molecule has 0 aliphatic heterocycles. The molecule has 0 aromatic heterocycles. The van der Waals surface area contributed by atoms with Gasteiger partial charge in [-0.2, -0.15) is 0 Å². The van der Waals surface area contributed by atoms with Crippen molar-refractivity contribution >= 4 is 52.5 Å². The zero-order chi connectivity index (χ0) is 25.4. The Morgan fingerprint density at radius 3 is 2.11 bits per heavy atom. The Balaban J connectivity index is 1.41. The van der Waals surface area contributed by atoms with Crippen LogP contribution in [0.2, 0.25) is 10.0 Å². The molecular formula is C26H21Cl2NO6. The number of halogens is 2. The van der Waals surface area contributed by atoms with E-state index in [1.165, 1.54) is 30.3 Å². The van der Waals surface area contributed by atoms with E-state index in [-0.39, 0.29) is 24.2 Å². The molecule has 0 unspecified atom stereocenters. The monoisotopic (exact) mass is 513 g/mol. The zero-order valence-corrected chi connectivity index (χ0v) is 20.2. The lowest BCUT2D eigenvalue weighted by molar-refractivity contribution is -0.143. The van der Waals surface area contributed by atoms with E-state index in [9.17, 15) is 19.2 Å². The summed E-state index contributed by atoms with van der Waals surface area (Å²) >= 11 is 11.7. The molecule has 0 fully saturated rings. The first-order valence-electron chi connectivity index (χ1n) is 10.5. The van der Waals surface area contributed by atoms with Crippen molar-refractivity contribution in [3.63, 3.8) is 0 Å². The molecule has 0 bridgehead atoms. The van der Waals surface area contributed by atoms with E-state index in [1.807, 2.05) is 19.1 Å². The van der Waals surface area contributed by atoms with Crippen LogP contribution in [0.25, 0.3) is 0 Å². The van der Waals surface area contributed by atoms with Crippen LogP contribution in [0.5, 0.6) is 5.75 Å². The maximum atomic E-state index is 12.3. The molecule has 0 spiro atoms. The lowest BCUT2D eigenvalue weighted by Gasteiger charge is -2.08. The SMILES string of the molecule is Cc1ccc(C(=O)Oc2ccc(C(=O)COC(=O)CCC(=O)Nc3ccc(Cl)c(Cl)c3)cc2)cc1. The summed E-state index contributed by atoms with van der Waals surface area (Å²) in [6.45, 7) is 1.44. The number of aryl methyl sites for hydroxylation is 1. The van der Waals surface area contributed by atoms with Gasteiger partial charge in [0, 0.05) is 17.7 Å². The van der Waals surface area contributed by atoms with Gasteiger partial charge in [0.2, 0.25) is 5.91 Å². The van der Waals surface area contributed by atoms with Crippen molar-refractivity contribution in [2.45, 2.75) is 19.8 Å². The van der Waals surface area contributed by atoms with Crippen LogP contribution in [-0.2, 0) is 14.3 Å². The molecule has 9 heteroatoms. The first-order chi connectivity index (χ1) is 16.7. The topological polar surface area (TPSA) is 98.8 Å². The molecule has 7 nitrogen and oxygen atoms in total. The van der Waals surface area contributed by atoms with Crippen molar-refractivity contribution in [2.75, 3.05) is 11.9 Å². The van der Waals surface area contributed by atoms with Gasteiger partial charge in [-0.15, -0.1) is 0 Å². The van der Waals surface area contributed by atoms with Crippen LogP contribution in [0.4, 0.5) is 5.69 Å². The van der Waals surface area contributed by atoms with E-state index >= 15 is 0 Å². The third-order valence-corrected chi connectivity index (χ3v) is 5.54. The second kappa shape index (κ2) is 12.1. The fraction of sp³-hybridized carbons (Fsp3) is 0.154. The Bertz CT molecular complexity index is 1240. The molecule has 3 rings (SSSR count). The van der Waals surface area contributed by atoms with Crippen molar-refractivity contribution in [2.24, 2.45) is 0 Å². The Morgan fingerprint density at radius 2 is 1.46 bits per heavy atom. The first-order valence-corrected chi connectivity index (χ1v) is 11.3. The minimum Gasteiger partial charge on any atom is -0.457 e. The van der Waals surface area contributed by atoms with Crippen molar-refractivity contribution in [1.29, 1.82) is 0 Å². The van der Waals surface area contributed by atoms with E-state index in [0.29, 0.717) is 21.3 Å². The Labute approximate surface area is 211 Å². The number of carbonyl (C=O) groups is 4. The van der Waals surface area contributed by atoms with Crippen molar-refractivity contribution in [3.8, 4) is 5.75 Å². The van der Waals surface area contributed by atoms with Crippen molar-refractivity contribution < 1.29 is 28.7 Å². The maximum Gasteiger partial charge on any atom is 0.343 e. The number of Topliss-reactive ketones (excluding diaryl/α,β-unsaturated/α-hetero) is 1. The highest BCUT2D eigenvalue weighted by atomic mass is 35.5. The smallest absolute Gasteiger partial charge is 0.343 e. The molecule has 0 atom stereocenters. The summed E-state index contributed by atoms with van der Waals surface area (Å²) in [7, 11) is 0. The molecule has 3 aromatic carbocycles. The van der Waals surface area contributed by atoms with Gasteiger partial charge < -0.3 is 14.8 Å². The number of hydrogen-bond acceptors (Lipinski definition) is 6. The highest BCUT2D eigenvalue weighted by molar-refractivity contribution is 6.42. The Kier molecular flexibility index (Phi) is 9.00. The quantitative estimate of drug-likeness (QED) is 0.225. The normalized spacial score (nSPS) is 10.4. The number of esters is 2. The summed E-state index contributed by atoms with van der Waals surface area (Å²) in [6, 6.07) is 17.5. The van der Waals surface area contributed by atoms with Gasteiger partial charge in [-0.25, -0.2) is 4.79 Å². The molecule has 0 aliphatic rings. The van der Waals surface area contributed by atoms with Crippen LogP contribution in [0.15, 0.2) is 66.7 Å². The van der Waals surface area contributed by atoms with Gasteiger partial charge >= 0.3 is 11.9 Å². The predicted molar refractivity (Wildman–Crippen MR) is 132 cm³/mol. The van der Waals surface area contributed by atoms with Crippen LogP contribution in [0.3, 0.4) is 0 Å². The van der Waals surface area contributed by atoms with Gasteiger partial charge in [-0.3, -0.25) is 14.4 Å². The van der Waals surface area contributed by atoms with Gasteiger partial charge in [-0.1, -0.05) is 40.9 Å². The average molecular weight is 514 g/mol. The minimum atomic E-state index is -0.689. The van der Waals surface area contributed by atoms with Gasteiger partial charge in [0.05, 0.1) is 22.0 Å². The van der Waals surface area contributed by atoms with Crippen molar-refractivity contribution in [1.82, 2.24) is 0 Å². The highest BCUT2D eigenvalue weighted by Crippen LogP contribution is 2.25. The van der Waals surface area contributed by atoms with Crippen LogP contribution >= 0.6 is 23.2 Å². The molecule has 0 aliphatic carbocycles. The second-order valence-electron chi connectivity index (χ2n) is 7.54.